The molecule has 0 aliphatic carbocycles. The number of imidazole rings is 1. The van der Waals surface area contributed by atoms with Crippen LogP contribution in [-0.4, -0.2) is 14.5 Å². The highest BCUT2D eigenvalue weighted by Crippen LogP contribution is 2.25. The molecule has 2 aromatic heterocycles. The number of benzene rings is 1. The fourth-order valence-electron chi connectivity index (χ4n) is 2.56. The summed E-state index contributed by atoms with van der Waals surface area (Å²) in [7, 11) is 0. The topological polar surface area (TPSA) is 30.7 Å². The minimum Gasteiger partial charge on any atom is -0.324 e. The monoisotopic (exact) mass is 311 g/mol. The number of rotatable bonds is 3. The lowest BCUT2D eigenvalue weighted by Crippen LogP contribution is -2.05. The maximum Gasteiger partial charge on any atom is 0.142 e. The molecule has 0 fully saturated rings. The van der Waals surface area contributed by atoms with Crippen LogP contribution in [-0.2, 0) is 6.54 Å². The number of aryl methyl sites for hydroxylation is 2. The maximum atomic E-state index is 6.36. The molecule has 0 aliphatic heterocycles. The van der Waals surface area contributed by atoms with Crippen molar-refractivity contribution in [2.75, 3.05) is 0 Å². The zero-order valence-corrected chi connectivity index (χ0v) is 13.7. The highest BCUT2D eigenvalue weighted by atomic mass is 35.5. The fraction of sp³-hybridized carbons (Fsp3) is 0.222. The van der Waals surface area contributed by atoms with Crippen LogP contribution in [0.15, 0.2) is 42.7 Å². The highest BCUT2D eigenvalue weighted by molar-refractivity contribution is 6.31. The Bertz CT molecular complexity index is 807. The smallest absolute Gasteiger partial charge is 0.142 e. The molecule has 0 amide bonds. The van der Waals surface area contributed by atoms with Gasteiger partial charge in [0, 0.05) is 28.7 Å². The SMILES string of the molecule is Cc1ccc(Cl)c(Cn2c(-c3cccnc3)nc(C)c2C)c1. The highest BCUT2D eigenvalue weighted by Gasteiger charge is 2.14. The van der Waals surface area contributed by atoms with Gasteiger partial charge in [0.15, 0.2) is 0 Å². The number of halogens is 1. The van der Waals surface area contributed by atoms with Gasteiger partial charge in [-0.1, -0.05) is 29.3 Å². The summed E-state index contributed by atoms with van der Waals surface area (Å²) in [5.74, 6) is 0.931. The first kappa shape index (κ1) is 14.8. The van der Waals surface area contributed by atoms with Gasteiger partial charge in [-0.15, -0.1) is 0 Å². The van der Waals surface area contributed by atoms with Gasteiger partial charge in [-0.25, -0.2) is 4.98 Å². The van der Waals surface area contributed by atoms with Crippen molar-refractivity contribution in [1.29, 1.82) is 0 Å². The molecule has 0 N–H and O–H groups in total. The van der Waals surface area contributed by atoms with Crippen LogP contribution in [0.3, 0.4) is 0 Å². The summed E-state index contributed by atoms with van der Waals surface area (Å²) in [6.07, 6.45) is 3.61. The van der Waals surface area contributed by atoms with Gasteiger partial charge in [-0.05, 0) is 44.5 Å². The van der Waals surface area contributed by atoms with Crippen molar-refractivity contribution in [3.63, 3.8) is 0 Å². The van der Waals surface area contributed by atoms with Crippen molar-refractivity contribution in [3.8, 4) is 11.4 Å². The van der Waals surface area contributed by atoms with Gasteiger partial charge < -0.3 is 4.57 Å². The van der Waals surface area contributed by atoms with Crippen molar-refractivity contribution in [3.05, 3.63) is 70.3 Å². The molecule has 0 spiro atoms. The van der Waals surface area contributed by atoms with E-state index in [9.17, 15) is 0 Å². The second-order valence-corrected chi connectivity index (χ2v) is 5.94. The Hall–Kier alpha value is -2.13. The number of pyridine rings is 1. The summed E-state index contributed by atoms with van der Waals surface area (Å²) in [5, 5.41) is 0.786. The van der Waals surface area contributed by atoms with E-state index in [-0.39, 0.29) is 0 Å². The van der Waals surface area contributed by atoms with E-state index in [1.165, 1.54) is 5.56 Å². The Labute approximate surface area is 135 Å². The standard InChI is InChI=1S/C18H18ClN3/c1-12-6-7-17(19)16(9-12)11-22-14(3)13(2)21-18(22)15-5-4-8-20-10-15/h4-10H,11H2,1-3H3. The van der Waals surface area contributed by atoms with E-state index in [0.717, 1.165) is 33.4 Å². The van der Waals surface area contributed by atoms with E-state index in [1.807, 2.05) is 37.4 Å². The van der Waals surface area contributed by atoms with Crippen LogP contribution in [0.1, 0.15) is 22.5 Å². The molecule has 3 nitrogen and oxygen atoms in total. The van der Waals surface area contributed by atoms with Crippen molar-refractivity contribution < 1.29 is 0 Å². The Morgan fingerprint density at radius 3 is 2.68 bits per heavy atom. The first-order valence-corrected chi connectivity index (χ1v) is 7.63. The van der Waals surface area contributed by atoms with Gasteiger partial charge in [0.1, 0.15) is 5.82 Å². The largest absolute Gasteiger partial charge is 0.324 e. The normalized spacial score (nSPS) is 10.9. The molecular weight excluding hydrogens is 294 g/mol. The predicted octanol–water partition coefficient (Wildman–Crippen LogP) is 4.57. The third-order valence-electron chi connectivity index (χ3n) is 3.91. The average molecular weight is 312 g/mol. The molecule has 0 radical (unpaired) electrons. The molecule has 112 valence electrons. The lowest BCUT2D eigenvalue weighted by molar-refractivity contribution is 0.776. The summed E-state index contributed by atoms with van der Waals surface area (Å²) in [5.41, 5.74) is 5.51. The van der Waals surface area contributed by atoms with E-state index in [1.54, 1.807) is 6.20 Å². The zero-order chi connectivity index (χ0) is 15.7. The molecule has 3 rings (SSSR count). The van der Waals surface area contributed by atoms with Gasteiger partial charge in [0.05, 0.1) is 12.2 Å². The second kappa shape index (κ2) is 5.93. The third kappa shape index (κ3) is 2.77. The Morgan fingerprint density at radius 2 is 1.95 bits per heavy atom. The zero-order valence-electron chi connectivity index (χ0n) is 13.0. The molecule has 0 aliphatic rings. The summed E-state index contributed by atoms with van der Waals surface area (Å²) in [4.78, 5) is 8.91. The average Bonchev–Trinajstić information content (AvgIpc) is 2.80. The molecule has 0 unspecified atom stereocenters. The molecule has 0 saturated heterocycles. The molecule has 0 bridgehead atoms. The molecule has 2 heterocycles. The lowest BCUT2D eigenvalue weighted by Gasteiger charge is -2.12. The van der Waals surface area contributed by atoms with E-state index in [4.69, 9.17) is 16.6 Å². The molecule has 3 aromatic rings. The van der Waals surface area contributed by atoms with Crippen LogP contribution in [0.5, 0.6) is 0 Å². The minimum absolute atomic E-state index is 0.706. The lowest BCUT2D eigenvalue weighted by atomic mass is 10.1. The molecule has 0 atom stereocenters. The van der Waals surface area contributed by atoms with Crippen molar-refractivity contribution in [2.24, 2.45) is 0 Å². The number of hydrogen-bond donors (Lipinski definition) is 0. The molecule has 1 aromatic carbocycles. The van der Waals surface area contributed by atoms with Crippen LogP contribution < -0.4 is 0 Å². The summed E-state index contributed by atoms with van der Waals surface area (Å²) in [6.45, 7) is 6.90. The van der Waals surface area contributed by atoms with E-state index in [2.05, 4.69) is 29.5 Å². The second-order valence-electron chi connectivity index (χ2n) is 5.53. The Morgan fingerprint density at radius 1 is 1.14 bits per heavy atom. The first-order chi connectivity index (χ1) is 10.6. The molecule has 0 saturated carbocycles. The first-order valence-electron chi connectivity index (χ1n) is 7.25. The predicted molar refractivity (Wildman–Crippen MR) is 90.2 cm³/mol. The van der Waals surface area contributed by atoms with Crippen molar-refractivity contribution >= 4 is 11.6 Å². The van der Waals surface area contributed by atoms with E-state index in [0.29, 0.717) is 6.54 Å². The minimum atomic E-state index is 0.706. The van der Waals surface area contributed by atoms with Gasteiger partial charge >= 0.3 is 0 Å². The van der Waals surface area contributed by atoms with Crippen molar-refractivity contribution in [2.45, 2.75) is 27.3 Å². The molecular formula is C18H18ClN3. The summed E-state index contributed by atoms with van der Waals surface area (Å²) in [6, 6.07) is 10.1. The summed E-state index contributed by atoms with van der Waals surface area (Å²) < 4.78 is 2.20. The van der Waals surface area contributed by atoms with Crippen LogP contribution >= 0.6 is 11.6 Å². The van der Waals surface area contributed by atoms with Crippen LogP contribution in [0.2, 0.25) is 5.02 Å². The van der Waals surface area contributed by atoms with E-state index >= 15 is 0 Å². The van der Waals surface area contributed by atoms with Gasteiger partial charge in [0.25, 0.3) is 0 Å². The van der Waals surface area contributed by atoms with Gasteiger partial charge in [0.2, 0.25) is 0 Å². The van der Waals surface area contributed by atoms with Crippen LogP contribution in [0.25, 0.3) is 11.4 Å². The van der Waals surface area contributed by atoms with Gasteiger partial charge in [-0.3, -0.25) is 4.98 Å². The Balaban J connectivity index is 2.09. The van der Waals surface area contributed by atoms with Crippen molar-refractivity contribution in [1.82, 2.24) is 14.5 Å². The Kier molecular flexibility index (Phi) is 3.99. The fourth-order valence-corrected chi connectivity index (χ4v) is 2.74. The maximum absolute atomic E-state index is 6.36. The molecule has 22 heavy (non-hydrogen) atoms. The quantitative estimate of drug-likeness (QED) is 0.709. The van der Waals surface area contributed by atoms with Gasteiger partial charge in [-0.2, -0.15) is 0 Å². The number of nitrogens with zero attached hydrogens (tertiary/aromatic N) is 3. The number of hydrogen-bond acceptors (Lipinski definition) is 2. The van der Waals surface area contributed by atoms with E-state index < -0.39 is 0 Å². The number of aromatic nitrogens is 3. The summed E-state index contributed by atoms with van der Waals surface area (Å²) >= 11 is 6.36. The van der Waals surface area contributed by atoms with Crippen LogP contribution in [0.4, 0.5) is 0 Å². The van der Waals surface area contributed by atoms with Crippen LogP contribution in [0, 0.1) is 20.8 Å². The third-order valence-corrected chi connectivity index (χ3v) is 4.28. The molecule has 4 heteroatoms.